The van der Waals surface area contributed by atoms with E-state index in [9.17, 15) is 0 Å². The van der Waals surface area contributed by atoms with Gasteiger partial charge in [0.15, 0.2) is 0 Å². The van der Waals surface area contributed by atoms with Crippen molar-refractivity contribution in [1.82, 2.24) is 10.2 Å². The maximum atomic E-state index is 3.79. The Hall–Kier alpha value is -0.380. The van der Waals surface area contributed by atoms with Gasteiger partial charge in [-0.2, -0.15) is 0 Å². The van der Waals surface area contributed by atoms with Crippen LogP contribution in [0.2, 0.25) is 0 Å². The average Bonchev–Trinajstić information content (AvgIpc) is 2.96. The summed E-state index contributed by atoms with van der Waals surface area (Å²) in [6.07, 6.45) is 8.44. The maximum absolute atomic E-state index is 3.79. The second kappa shape index (κ2) is 7.06. The number of rotatable bonds is 4. The van der Waals surface area contributed by atoms with Crippen LogP contribution in [0.25, 0.3) is 0 Å². The molecule has 1 aliphatic carbocycles. The van der Waals surface area contributed by atoms with E-state index in [4.69, 9.17) is 0 Å². The molecule has 20 heavy (non-hydrogen) atoms. The van der Waals surface area contributed by atoms with E-state index < -0.39 is 0 Å². The molecular weight excluding hydrogens is 264 g/mol. The topological polar surface area (TPSA) is 15.3 Å². The Morgan fingerprint density at radius 1 is 1.30 bits per heavy atom. The molecule has 1 unspecified atom stereocenters. The van der Waals surface area contributed by atoms with Crippen LogP contribution < -0.4 is 5.32 Å². The second-order valence-electron chi connectivity index (χ2n) is 6.42. The van der Waals surface area contributed by atoms with Gasteiger partial charge in [0, 0.05) is 37.1 Å². The Labute approximate surface area is 127 Å². The lowest BCUT2D eigenvalue weighted by Gasteiger charge is -2.39. The zero-order valence-electron chi connectivity index (χ0n) is 12.7. The van der Waals surface area contributed by atoms with Crippen molar-refractivity contribution in [2.45, 2.75) is 58.0 Å². The van der Waals surface area contributed by atoms with Gasteiger partial charge in [-0.1, -0.05) is 26.2 Å². The summed E-state index contributed by atoms with van der Waals surface area (Å²) in [4.78, 5) is 4.28. The van der Waals surface area contributed by atoms with Crippen LogP contribution in [0.5, 0.6) is 0 Å². The summed E-state index contributed by atoms with van der Waals surface area (Å²) in [5.41, 5.74) is 1.56. The van der Waals surface area contributed by atoms with Gasteiger partial charge >= 0.3 is 0 Å². The smallest absolute Gasteiger partial charge is 0.0331 e. The summed E-state index contributed by atoms with van der Waals surface area (Å²) in [7, 11) is 0. The third kappa shape index (κ3) is 3.44. The van der Waals surface area contributed by atoms with Crippen molar-refractivity contribution in [2.24, 2.45) is 5.92 Å². The molecule has 0 radical (unpaired) electrons. The molecule has 3 rings (SSSR count). The van der Waals surface area contributed by atoms with Gasteiger partial charge in [0.25, 0.3) is 0 Å². The van der Waals surface area contributed by atoms with E-state index in [1.165, 1.54) is 64.7 Å². The number of nitrogens with zero attached hydrogens (tertiary/aromatic N) is 1. The first-order valence-electron chi connectivity index (χ1n) is 8.38. The molecule has 2 nitrogen and oxygen atoms in total. The van der Waals surface area contributed by atoms with Crippen molar-refractivity contribution in [3.05, 3.63) is 21.9 Å². The summed E-state index contributed by atoms with van der Waals surface area (Å²) >= 11 is 1.94. The highest BCUT2D eigenvalue weighted by Crippen LogP contribution is 2.28. The molecule has 0 aromatic carbocycles. The van der Waals surface area contributed by atoms with E-state index in [0.29, 0.717) is 0 Å². The van der Waals surface area contributed by atoms with Crippen LogP contribution in [0.3, 0.4) is 0 Å². The monoisotopic (exact) mass is 292 g/mol. The van der Waals surface area contributed by atoms with E-state index in [2.05, 4.69) is 28.6 Å². The summed E-state index contributed by atoms with van der Waals surface area (Å²) in [5.74, 6) is 0.931. The van der Waals surface area contributed by atoms with Gasteiger partial charge in [0.05, 0.1) is 0 Å². The van der Waals surface area contributed by atoms with Gasteiger partial charge in [-0.3, -0.25) is 4.90 Å². The third-order valence-corrected chi connectivity index (χ3v) is 6.04. The van der Waals surface area contributed by atoms with Crippen LogP contribution in [-0.4, -0.2) is 30.6 Å². The van der Waals surface area contributed by atoms with E-state index in [1.54, 1.807) is 10.4 Å². The number of piperazine rings is 1. The predicted octanol–water partition coefficient (Wildman–Crippen LogP) is 3.66. The summed E-state index contributed by atoms with van der Waals surface area (Å²) in [6, 6.07) is 3.05. The maximum Gasteiger partial charge on any atom is 0.0331 e. The fourth-order valence-electron chi connectivity index (χ4n) is 3.86. The van der Waals surface area contributed by atoms with Crippen LogP contribution in [0, 0.1) is 5.92 Å². The molecule has 0 bridgehead atoms. The molecule has 3 heteroatoms. The van der Waals surface area contributed by atoms with Crippen LogP contribution in [0.15, 0.2) is 11.4 Å². The predicted molar refractivity (Wildman–Crippen MR) is 87.3 cm³/mol. The molecule has 1 aromatic heterocycles. The van der Waals surface area contributed by atoms with E-state index in [-0.39, 0.29) is 0 Å². The molecule has 1 aliphatic heterocycles. The Bertz CT molecular complexity index is 409. The molecule has 0 spiro atoms. The molecule has 2 heterocycles. The molecule has 0 amide bonds. The molecule has 2 aliphatic rings. The normalized spacial score (nSPS) is 25.9. The number of nitrogens with one attached hydrogen (secondary N) is 1. The molecule has 2 fully saturated rings. The van der Waals surface area contributed by atoms with Gasteiger partial charge in [-0.05, 0) is 42.2 Å². The zero-order valence-corrected chi connectivity index (χ0v) is 13.6. The van der Waals surface area contributed by atoms with Gasteiger partial charge in [0.1, 0.15) is 0 Å². The van der Waals surface area contributed by atoms with Crippen LogP contribution in [-0.2, 0) is 13.0 Å². The standard InChI is InChI=1S/C17H28N2S/c1-2-14-8-11-20-17(14)13-19-10-9-18-16(12-19)15-6-4-3-5-7-15/h8,11,15-16,18H,2-7,9-10,12-13H2,1H3. The van der Waals surface area contributed by atoms with Crippen molar-refractivity contribution in [3.8, 4) is 0 Å². The quantitative estimate of drug-likeness (QED) is 0.911. The van der Waals surface area contributed by atoms with Crippen molar-refractivity contribution in [1.29, 1.82) is 0 Å². The fourth-order valence-corrected chi connectivity index (χ4v) is 4.88. The fraction of sp³-hybridized carbons (Fsp3) is 0.765. The molecule has 1 saturated heterocycles. The lowest BCUT2D eigenvalue weighted by atomic mass is 9.83. The van der Waals surface area contributed by atoms with Crippen molar-refractivity contribution in [3.63, 3.8) is 0 Å². The van der Waals surface area contributed by atoms with Crippen LogP contribution >= 0.6 is 11.3 Å². The molecule has 1 aromatic rings. The summed E-state index contributed by atoms with van der Waals surface area (Å²) in [5, 5.41) is 6.05. The first-order chi connectivity index (χ1) is 9.86. The minimum atomic E-state index is 0.745. The first kappa shape index (κ1) is 14.6. The minimum Gasteiger partial charge on any atom is -0.311 e. The molecule has 1 N–H and O–H groups in total. The molecule has 112 valence electrons. The molecule has 1 atom stereocenters. The van der Waals surface area contributed by atoms with E-state index >= 15 is 0 Å². The summed E-state index contributed by atoms with van der Waals surface area (Å²) < 4.78 is 0. The Morgan fingerprint density at radius 2 is 2.15 bits per heavy atom. The molecule has 1 saturated carbocycles. The number of aryl methyl sites for hydroxylation is 1. The van der Waals surface area contributed by atoms with Crippen molar-refractivity contribution in [2.75, 3.05) is 19.6 Å². The van der Waals surface area contributed by atoms with Crippen LogP contribution in [0.1, 0.15) is 49.5 Å². The highest BCUT2D eigenvalue weighted by atomic mass is 32.1. The zero-order chi connectivity index (χ0) is 13.8. The lowest BCUT2D eigenvalue weighted by Crippen LogP contribution is -2.53. The van der Waals surface area contributed by atoms with Gasteiger partial charge in [-0.25, -0.2) is 0 Å². The third-order valence-electron chi connectivity index (χ3n) is 5.09. The Balaban J connectivity index is 1.57. The van der Waals surface area contributed by atoms with Crippen molar-refractivity contribution < 1.29 is 0 Å². The van der Waals surface area contributed by atoms with E-state index in [1.807, 2.05) is 11.3 Å². The van der Waals surface area contributed by atoms with Gasteiger partial charge in [-0.15, -0.1) is 11.3 Å². The summed E-state index contributed by atoms with van der Waals surface area (Å²) in [6.45, 7) is 7.09. The highest BCUT2D eigenvalue weighted by molar-refractivity contribution is 7.10. The number of hydrogen-bond acceptors (Lipinski definition) is 3. The minimum absolute atomic E-state index is 0.745. The van der Waals surface area contributed by atoms with Gasteiger partial charge in [0.2, 0.25) is 0 Å². The SMILES string of the molecule is CCc1ccsc1CN1CCNC(C2CCCCC2)C1. The van der Waals surface area contributed by atoms with Gasteiger partial charge < -0.3 is 5.32 Å². The largest absolute Gasteiger partial charge is 0.311 e. The Kier molecular flexibility index (Phi) is 5.14. The Morgan fingerprint density at radius 3 is 2.95 bits per heavy atom. The second-order valence-corrected chi connectivity index (χ2v) is 7.42. The first-order valence-corrected chi connectivity index (χ1v) is 9.25. The van der Waals surface area contributed by atoms with Crippen LogP contribution in [0.4, 0.5) is 0 Å². The number of hydrogen-bond donors (Lipinski definition) is 1. The lowest BCUT2D eigenvalue weighted by molar-refractivity contribution is 0.141. The average molecular weight is 292 g/mol. The number of thiophene rings is 1. The molecular formula is C17H28N2S. The highest BCUT2D eigenvalue weighted by Gasteiger charge is 2.28. The van der Waals surface area contributed by atoms with E-state index in [0.717, 1.165) is 12.0 Å². The van der Waals surface area contributed by atoms with Crippen molar-refractivity contribution >= 4 is 11.3 Å².